The lowest BCUT2D eigenvalue weighted by Crippen LogP contribution is -2.36. The molecule has 0 saturated heterocycles. The Morgan fingerprint density at radius 3 is 2.58 bits per heavy atom. The van der Waals surface area contributed by atoms with Crippen LogP contribution in [0.4, 0.5) is 0 Å². The van der Waals surface area contributed by atoms with Crippen LogP contribution in [0.5, 0.6) is 0 Å². The zero-order valence-corrected chi connectivity index (χ0v) is 11.1. The molecule has 100 valence electrons. The summed E-state index contributed by atoms with van der Waals surface area (Å²) < 4.78 is 31.6. The standard InChI is InChI=1S/C11H12N4O3S/c1-9-13-11(8-12-14-9)10-2-4-15(5-3-10)6-7-19(16,17)18/h2-5,8H,6-7H2,1H3/p+1. The van der Waals surface area contributed by atoms with Crippen LogP contribution in [0.2, 0.25) is 0 Å². The Morgan fingerprint density at radius 1 is 1.32 bits per heavy atom. The Morgan fingerprint density at radius 2 is 2.00 bits per heavy atom. The quantitative estimate of drug-likeness (QED) is 0.627. The van der Waals surface area contributed by atoms with E-state index in [-0.39, 0.29) is 12.3 Å². The predicted octanol–water partition coefficient (Wildman–Crippen LogP) is 0.0223. The molecule has 0 unspecified atom stereocenters. The molecule has 2 aromatic rings. The fourth-order valence-electron chi connectivity index (χ4n) is 1.53. The van der Waals surface area contributed by atoms with Gasteiger partial charge in [0.1, 0.15) is 11.6 Å². The molecule has 0 atom stereocenters. The monoisotopic (exact) mass is 281 g/mol. The molecule has 0 bridgehead atoms. The van der Waals surface area contributed by atoms with Crippen molar-refractivity contribution in [2.24, 2.45) is 0 Å². The van der Waals surface area contributed by atoms with Crippen molar-refractivity contribution in [3.63, 3.8) is 0 Å². The van der Waals surface area contributed by atoms with E-state index in [0.717, 1.165) is 5.56 Å². The second-order valence-electron chi connectivity index (χ2n) is 4.00. The van der Waals surface area contributed by atoms with E-state index < -0.39 is 10.1 Å². The van der Waals surface area contributed by atoms with Gasteiger partial charge >= 0.3 is 0 Å². The van der Waals surface area contributed by atoms with Crippen molar-refractivity contribution in [1.29, 1.82) is 0 Å². The van der Waals surface area contributed by atoms with Crippen molar-refractivity contribution in [3.8, 4) is 11.3 Å². The van der Waals surface area contributed by atoms with E-state index in [1.54, 1.807) is 42.2 Å². The van der Waals surface area contributed by atoms with Crippen LogP contribution in [0, 0.1) is 6.92 Å². The van der Waals surface area contributed by atoms with Gasteiger partial charge in [-0.05, 0) is 6.92 Å². The zero-order chi connectivity index (χ0) is 13.9. The van der Waals surface area contributed by atoms with Gasteiger partial charge in [0.05, 0.1) is 11.9 Å². The van der Waals surface area contributed by atoms with Crippen molar-refractivity contribution in [2.75, 3.05) is 5.75 Å². The maximum Gasteiger partial charge on any atom is 0.271 e. The third-order valence-corrected chi connectivity index (χ3v) is 3.16. The Hall–Kier alpha value is -1.93. The van der Waals surface area contributed by atoms with Crippen LogP contribution in [-0.4, -0.2) is 33.9 Å². The molecule has 2 aromatic heterocycles. The summed E-state index contributed by atoms with van der Waals surface area (Å²) in [5, 5.41) is 7.60. The first-order valence-corrected chi connectivity index (χ1v) is 7.16. The number of nitrogens with zero attached hydrogens (tertiary/aromatic N) is 4. The Labute approximate surface area is 110 Å². The molecule has 7 nitrogen and oxygen atoms in total. The molecule has 0 fully saturated rings. The molecule has 0 spiro atoms. The van der Waals surface area contributed by atoms with Crippen LogP contribution in [0.25, 0.3) is 11.3 Å². The van der Waals surface area contributed by atoms with Gasteiger partial charge in [-0.25, -0.2) is 9.55 Å². The van der Waals surface area contributed by atoms with Crippen molar-refractivity contribution in [2.45, 2.75) is 13.5 Å². The van der Waals surface area contributed by atoms with E-state index in [1.807, 2.05) is 0 Å². The van der Waals surface area contributed by atoms with Crippen LogP contribution in [-0.2, 0) is 16.7 Å². The number of aryl methyl sites for hydroxylation is 2. The molecular weight excluding hydrogens is 268 g/mol. The molecule has 8 heteroatoms. The highest BCUT2D eigenvalue weighted by Gasteiger charge is 2.10. The molecule has 2 rings (SSSR count). The second-order valence-corrected chi connectivity index (χ2v) is 5.57. The number of pyridine rings is 1. The van der Waals surface area contributed by atoms with Crippen molar-refractivity contribution in [3.05, 3.63) is 36.5 Å². The minimum absolute atomic E-state index is 0.195. The lowest BCUT2D eigenvalue weighted by molar-refractivity contribution is -0.692. The number of hydrogen-bond donors (Lipinski definition) is 1. The Kier molecular flexibility index (Phi) is 3.82. The van der Waals surface area contributed by atoms with Gasteiger partial charge in [0.15, 0.2) is 18.9 Å². The van der Waals surface area contributed by atoms with Gasteiger partial charge in [0.25, 0.3) is 10.1 Å². The topological polar surface area (TPSA) is 96.9 Å². The van der Waals surface area contributed by atoms with Gasteiger partial charge in [0, 0.05) is 17.7 Å². The fourth-order valence-corrected chi connectivity index (χ4v) is 1.97. The summed E-state index contributed by atoms with van der Waals surface area (Å²) in [5.74, 6) is 0.270. The molecule has 0 aliphatic rings. The third kappa shape index (κ3) is 4.04. The van der Waals surface area contributed by atoms with E-state index in [9.17, 15) is 8.42 Å². The minimum Gasteiger partial charge on any atom is -0.285 e. The van der Waals surface area contributed by atoms with E-state index in [1.165, 1.54) is 0 Å². The fraction of sp³-hybridized carbons (Fsp3) is 0.273. The van der Waals surface area contributed by atoms with Gasteiger partial charge in [-0.1, -0.05) is 0 Å². The maximum atomic E-state index is 10.6. The summed E-state index contributed by atoms with van der Waals surface area (Å²) >= 11 is 0. The van der Waals surface area contributed by atoms with Gasteiger partial charge in [-0.3, -0.25) is 4.55 Å². The van der Waals surface area contributed by atoms with Crippen molar-refractivity contribution in [1.82, 2.24) is 15.2 Å². The molecule has 0 radical (unpaired) electrons. The van der Waals surface area contributed by atoms with Gasteiger partial charge in [0.2, 0.25) is 0 Å². The van der Waals surface area contributed by atoms with E-state index in [2.05, 4.69) is 15.2 Å². The predicted molar refractivity (Wildman–Crippen MR) is 66.6 cm³/mol. The molecule has 0 saturated carbocycles. The zero-order valence-electron chi connectivity index (χ0n) is 10.3. The average molecular weight is 281 g/mol. The highest BCUT2D eigenvalue weighted by molar-refractivity contribution is 7.85. The second kappa shape index (κ2) is 5.37. The first kappa shape index (κ1) is 13.5. The normalized spacial score (nSPS) is 11.5. The average Bonchev–Trinajstić information content (AvgIpc) is 2.36. The van der Waals surface area contributed by atoms with Crippen molar-refractivity contribution >= 4 is 10.1 Å². The number of rotatable bonds is 4. The summed E-state index contributed by atoms with van der Waals surface area (Å²) in [7, 11) is -3.94. The largest absolute Gasteiger partial charge is 0.285 e. The summed E-state index contributed by atoms with van der Waals surface area (Å²) in [6.07, 6.45) is 5.00. The molecule has 0 aliphatic carbocycles. The summed E-state index contributed by atoms with van der Waals surface area (Å²) in [6, 6.07) is 3.60. The van der Waals surface area contributed by atoms with E-state index in [4.69, 9.17) is 4.55 Å². The molecule has 19 heavy (non-hydrogen) atoms. The molecule has 0 amide bonds. The third-order valence-electron chi connectivity index (χ3n) is 2.46. The number of aromatic nitrogens is 4. The highest BCUT2D eigenvalue weighted by Crippen LogP contribution is 2.12. The molecule has 0 aliphatic heterocycles. The number of hydrogen-bond acceptors (Lipinski definition) is 5. The molecule has 0 aromatic carbocycles. The SMILES string of the molecule is Cc1nncc(-c2cc[n+](CCS(=O)(=O)O)cc2)n1. The van der Waals surface area contributed by atoms with E-state index >= 15 is 0 Å². The maximum absolute atomic E-state index is 10.6. The molecule has 1 N–H and O–H groups in total. The lowest BCUT2D eigenvalue weighted by atomic mass is 10.2. The van der Waals surface area contributed by atoms with Crippen LogP contribution in [0.15, 0.2) is 30.7 Å². The highest BCUT2D eigenvalue weighted by atomic mass is 32.2. The summed E-state index contributed by atoms with van der Waals surface area (Å²) in [5.41, 5.74) is 1.57. The lowest BCUT2D eigenvalue weighted by Gasteiger charge is -2.00. The minimum atomic E-state index is -3.94. The summed E-state index contributed by atoms with van der Waals surface area (Å²) in [4.78, 5) is 4.24. The van der Waals surface area contributed by atoms with Gasteiger partial charge < -0.3 is 0 Å². The van der Waals surface area contributed by atoms with E-state index in [0.29, 0.717) is 11.5 Å². The Balaban J connectivity index is 2.15. The molecular formula is C11H13N4O3S+. The van der Waals surface area contributed by atoms with Crippen LogP contribution < -0.4 is 4.57 Å². The summed E-state index contributed by atoms with van der Waals surface area (Å²) in [6.45, 7) is 1.95. The Bertz CT molecular complexity index is 671. The first-order valence-electron chi connectivity index (χ1n) is 5.55. The van der Waals surface area contributed by atoms with Crippen molar-refractivity contribution < 1.29 is 17.5 Å². The van der Waals surface area contributed by atoms with Crippen LogP contribution >= 0.6 is 0 Å². The van der Waals surface area contributed by atoms with Gasteiger partial charge in [-0.15, -0.1) is 5.10 Å². The first-order chi connectivity index (χ1) is 8.94. The molecule has 2 heterocycles. The van der Waals surface area contributed by atoms with Crippen LogP contribution in [0.3, 0.4) is 0 Å². The smallest absolute Gasteiger partial charge is 0.271 e. The van der Waals surface area contributed by atoms with Gasteiger partial charge in [-0.2, -0.15) is 13.5 Å². The van der Waals surface area contributed by atoms with Crippen LogP contribution in [0.1, 0.15) is 5.82 Å².